The lowest BCUT2D eigenvalue weighted by molar-refractivity contribution is 0.0525. The van der Waals surface area contributed by atoms with Crippen LogP contribution >= 0.6 is 11.6 Å². The molecule has 0 unspecified atom stereocenters. The van der Waals surface area contributed by atoms with Crippen LogP contribution in [0.15, 0.2) is 6.20 Å². The molecule has 0 atom stereocenters. The molecule has 0 aliphatic heterocycles. The summed E-state index contributed by atoms with van der Waals surface area (Å²) in [6, 6.07) is 0. The molecule has 2 heterocycles. The Balaban J connectivity index is 2.47. The molecule has 114 valence electrons. The van der Waals surface area contributed by atoms with Gasteiger partial charge in [0.2, 0.25) is 0 Å². The number of hydrogen-bond acceptors (Lipinski definition) is 4. The fourth-order valence-electron chi connectivity index (χ4n) is 2.14. The van der Waals surface area contributed by atoms with Crippen LogP contribution in [0.5, 0.6) is 0 Å². The Labute approximate surface area is 129 Å². The quantitative estimate of drug-likeness (QED) is 0.792. The first-order chi connectivity index (χ1) is 9.95. The van der Waals surface area contributed by atoms with E-state index in [1.807, 2.05) is 4.68 Å². The summed E-state index contributed by atoms with van der Waals surface area (Å²) in [7, 11) is 0. The van der Waals surface area contributed by atoms with Crippen molar-refractivity contribution in [1.82, 2.24) is 14.8 Å². The fourth-order valence-corrected chi connectivity index (χ4v) is 2.49. The van der Waals surface area contributed by atoms with Gasteiger partial charge in [-0.25, -0.2) is 14.5 Å². The molecule has 0 aliphatic carbocycles. The number of rotatable bonds is 5. The van der Waals surface area contributed by atoms with Gasteiger partial charge in [0.15, 0.2) is 5.65 Å². The normalized spacial score (nSPS) is 11.3. The van der Waals surface area contributed by atoms with E-state index in [0.29, 0.717) is 39.8 Å². The number of pyridine rings is 1. The zero-order valence-electron chi connectivity index (χ0n) is 12.8. The summed E-state index contributed by atoms with van der Waals surface area (Å²) >= 11 is 6.36. The summed E-state index contributed by atoms with van der Waals surface area (Å²) in [6.45, 7) is 8.93. The van der Waals surface area contributed by atoms with Gasteiger partial charge in [-0.1, -0.05) is 25.4 Å². The first-order valence-electron chi connectivity index (χ1n) is 7.14. The Morgan fingerprint density at radius 1 is 1.48 bits per heavy atom. The second-order valence-electron chi connectivity index (χ2n) is 5.39. The van der Waals surface area contributed by atoms with Gasteiger partial charge >= 0.3 is 5.97 Å². The highest BCUT2D eigenvalue weighted by Crippen LogP contribution is 2.28. The average Bonchev–Trinajstić information content (AvgIpc) is 2.79. The number of nitrogens with zero attached hydrogens (tertiary/aromatic N) is 3. The van der Waals surface area contributed by atoms with E-state index < -0.39 is 5.97 Å². The first kappa shape index (κ1) is 15.8. The van der Waals surface area contributed by atoms with E-state index in [-0.39, 0.29) is 0 Å². The van der Waals surface area contributed by atoms with Crippen LogP contribution in [0.25, 0.3) is 11.0 Å². The smallest absolute Gasteiger partial charge is 0.341 e. The number of hydrogen-bond donors (Lipinski definition) is 0. The van der Waals surface area contributed by atoms with E-state index >= 15 is 0 Å². The van der Waals surface area contributed by atoms with Crippen molar-refractivity contribution in [2.24, 2.45) is 5.92 Å². The largest absolute Gasteiger partial charge is 0.462 e. The molecular weight excluding hydrogens is 290 g/mol. The summed E-state index contributed by atoms with van der Waals surface area (Å²) in [5, 5.41) is 5.39. The average molecular weight is 310 g/mol. The van der Waals surface area contributed by atoms with Crippen LogP contribution in [0, 0.1) is 12.8 Å². The van der Waals surface area contributed by atoms with Gasteiger partial charge in [-0.3, -0.25) is 0 Å². The number of carbonyl (C=O) groups is 1. The van der Waals surface area contributed by atoms with Gasteiger partial charge < -0.3 is 4.74 Å². The molecule has 0 N–H and O–H groups in total. The van der Waals surface area contributed by atoms with E-state index in [9.17, 15) is 4.79 Å². The zero-order valence-corrected chi connectivity index (χ0v) is 13.6. The molecular formula is C15H20ClN3O2. The Kier molecular flexibility index (Phi) is 4.83. The van der Waals surface area contributed by atoms with E-state index in [1.165, 1.54) is 0 Å². The minimum absolute atomic E-state index is 0.306. The van der Waals surface area contributed by atoms with Crippen LogP contribution in [-0.4, -0.2) is 27.3 Å². The van der Waals surface area contributed by atoms with Gasteiger partial charge in [0.25, 0.3) is 0 Å². The molecule has 0 saturated carbocycles. The predicted octanol–water partition coefficient (Wildman–Crippen LogP) is 3.62. The molecule has 6 heteroatoms. The molecule has 2 aromatic rings. The van der Waals surface area contributed by atoms with Gasteiger partial charge in [0, 0.05) is 6.54 Å². The highest BCUT2D eigenvalue weighted by atomic mass is 35.5. The Bertz CT molecular complexity index is 664. The minimum atomic E-state index is -0.440. The molecule has 2 aromatic heterocycles. The lowest BCUT2D eigenvalue weighted by atomic mass is 10.1. The monoisotopic (exact) mass is 309 g/mol. The topological polar surface area (TPSA) is 57.0 Å². The molecule has 0 fully saturated rings. The molecule has 0 aromatic carbocycles. The van der Waals surface area contributed by atoms with Gasteiger partial charge in [-0.15, -0.1) is 0 Å². The Morgan fingerprint density at radius 3 is 2.81 bits per heavy atom. The van der Waals surface area contributed by atoms with Crippen molar-refractivity contribution in [3.8, 4) is 0 Å². The third kappa shape index (κ3) is 3.18. The lowest BCUT2D eigenvalue weighted by Crippen LogP contribution is -2.10. The first-order valence-corrected chi connectivity index (χ1v) is 7.52. The maximum absolute atomic E-state index is 12.0. The van der Waals surface area contributed by atoms with Gasteiger partial charge in [-0.2, -0.15) is 5.10 Å². The number of aryl methyl sites for hydroxylation is 2. The number of ether oxygens (including phenoxy) is 1. The number of aromatic nitrogens is 3. The van der Waals surface area contributed by atoms with Crippen LogP contribution in [0.4, 0.5) is 0 Å². The Hall–Kier alpha value is -1.62. The molecule has 2 rings (SSSR count). The van der Waals surface area contributed by atoms with Crippen molar-refractivity contribution >= 4 is 28.6 Å². The molecule has 0 amide bonds. The standard InChI is InChI=1S/C15H20ClN3O2/c1-5-21-15(20)12-10(4)18-14-11(13(12)16)8-17-19(14)7-6-9(2)3/h8-9H,5-7H2,1-4H3. The summed E-state index contributed by atoms with van der Waals surface area (Å²) < 4.78 is 6.87. The van der Waals surface area contributed by atoms with Gasteiger partial charge in [-0.05, 0) is 26.2 Å². The summed E-state index contributed by atoms with van der Waals surface area (Å²) in [5.74, 6) is 0.143. The summed E-state index contributed by atoms with van der Waals surface area (Å²) in [5.41, 5.74) is 1.61. The lowest BCUT2D eigenvalue weighted by Gasteiger charge is -2.09. The van der Waals surface area contributed by atoms with Crippen LogP contribution in [0.1, 0.15) is 43.2 Å². The summed E-state index contributed by atoms with van der Waals surface area (Å²) in [4.78, 5) is 16.5. The molecule has 0 radical (unpaired) electrons. The fraction of sp³-hybridized carbons (Fsp3) is 0.533. The molecule has 21 heavy (non-hydrogen) atoms. The SMILES string of the molecule is CCOC(=O)c1c(C)nc2c(cnn2CCC(C)C)c1Cl. The van der Waals surface area contributed by atoms with E-state index in [1.54, 1.807) is 20.0 Å². The van der Waals surface area contributed by atoms with E-state index in [2.05, 4.69) is 23.9 Å². The number of esters is 1. The number of fused-ring (bicyclic) bond motifs is 1. The molecule has 0 aliphatic rings. The van der Waals surface area contributed by atoms with E-state index in [0.717, 1.165) is 13.0 Å². The van der Waals surface area contributed by atoms with E-state index in [4.69, 9.17) is 16.3 Å². The number of halogens is 1. The molecule has 0 saturated heterocycles. The van der Waals surface area contributed by atoms with Crippen molar-refractivity contribution in [3.63, 3.8) is 0 Å². The molecule has 0 spiro atoms. The second-order valence-corrected chi connectivity index (χ2v) is 5.77. The van der Waals surface area contributed by atoms with Gasteiger partial charge in [0.05, 0.1) is 28.9 Å². The Morgan fingerprint density at radius 2 is 2.19 bits per heavy atom. The van der Waals surface area contributed by atoms with Crippen LogP contribution in [-0.2, 0) is 11.3 Å². The number of carbonyl (C=O) groups excluding carboxylic acids is 1. The molecule has 5 nitrogen and oxygen atoms in total. The van der Waals surface area contributed by atoms with Crippen LogP contribution in [0.2, 0.25) is 5.02 Å². The maximum atomic E-state index is 12.0. The summed E-state index contributed by atoms with van der Waals surface area (Å²) in [6.07, 6.45) is 2.67. The van der Waals surface area contributed by atoms with Crippen molar-refractivity contribution in [2.45, 2.75) is 40.7 Å². The zero-order chi connectivity index (χ0) is 15.6. The van der Waals surface area contributed by atoms with Crippen molar-refractivity contribution in [1.29, 1.82) is 0 Å². The van der Waals surface area contributed by atoms with Crippen molar-refractivity contribution < 1.29 is 9.53 Å². The van der Waals surface area contributed by atoms with Crippen molar-refractivity contribution in [2.75, 3.05) is 6.61 Å². The second kappa shape index (κ2) is 6.43. The third-order valence-corrected chi connectivity index (χ3v) is 3.69. The van der Waals surface area contributed by atoms with Crippen LogP contribution < -0.4 is 0 Å². The maximum Gasteiger partial charge on any atom is 0.341 e. The van der Waals surface area contributed by atoms with Crippen LogP contribution in [0.3, 0.4) is 0 Å². The third-order valence-electron chi connectivity index (χ3n) is 3.30. The molecule has 0 bridgehead atoms. The highest BCUT2D eigenvalue weighted by molar-refractivity contribution is 6.38. The predicted molar refractivity (Wildman–Crippen MR) is 82.7 cm³/mol. The highest BCUT2D eigenvalue weighted by Gasteiger charge is 2.21. The van der Waals surface area contributed by atoms with Crippen molar-refractivity contribution in [3.05, 3.63) is 22.5 Å². The van der Waals surface area contributed by atoms with Gasteiger partial charge in [0.1, 0.15) is 5.56 Å². The minimum Gasteiger partial charge on any atom is -0.462 e.